The van der Waals surface area contributed by atoms with E-state index in [1.807, 2.05) is 0 Å². The molecule has 1 aromatic carbocycles. The molecule has 0 aliphatic rings. The SMILES string of the molecule is COC(=O)C(C)(O)c1ccc(F)c(Br)c1. The zero-order chi connectivity index (χ0) is 11.6. The molecular weight excluding hydrogens is 267 g/mol. The second kappa shape index (κ2) is 4.28. The summed E-state index contributed by atoms with van der Waals surface area (Å²) < 4.78 is 17.6. The Morgan fingerprint density at radius 3 is 2.67 bits per heavy atom. The molecule has 0 aliphatic carbocycles. The minimum Gasteiger partial charge on any atom is -0.467 e. The second-order valence-corrected chi connectivity index (χ2v) is 4.05. The van der Waals surface area contributed by atoms with Crippen molar-refractivity contribution in [3.63, 3.8) is 0 Å². The molecule has 82 valence electrons. The quantitative estimate of drug-likeness (QED) is 0.841. The number of carbonyl (C=O) groups is 1. The molecule has 0 fully saturated rings. The first-order valence-corrected chi connectivity index (χ1v) is 4.95. The van der Waals surface area contributed by atoms with Gasteiger partial charge in [-0.15, -0.1) is 0 Å². The van der Waals surface area contributed by atoms with Crippen LogP contribution in [0.15, 0.2) is 22.7 Å². The highest BCUT2D eigenvalue weighted by Crippen LogP contribution is 2.26. The average molecular weight is 277 g/mol. The van der Waals surface area contributed by atoms with Gasteiger partial charge in [-0.05, 0) is 40.5 Å². The van der Waals surface area contributed by atoms with Gasteiger partial charge < -0.3 is 9.84 Å². The van der Waals surface area contributed by atoms with E-state index in [0.717, 1.165) is 6.07 Å². The summed E-state index contributed by atoms with van der Waals surface area (Å²) in [5.41, 5.74) is -1.51. The molecule has 1 rings (SSSR count). The van der Waals surface area contributed by atoms with Crippen LogP contribution in [0.4, 0.5) is 4.39 Å². The molecule has 0 saturated carbocycles. The van der Waals surface area contributed by atoms with Gasteiger partial charge >= 0.3 is 5.97 Å². The molecule has 0 amide bonds. The lowest BCUT2D eigenvalue weighted by atomic mass is 9.96. The van der Waals surface area contributed by atoms with Crippen LogP contribution in [0.5, 0.6) is 0 Å². The van der Waals surface area contributed by atoms with Gasteiger partial charge in [0.1, 0.15) is 5.82 Å². The van der Waals surface area contributed by atoms with E-state index in [1.54, 1.807) is 0 Å². The molecule has 1 aromatic rings. The largest absolute Gasteiger partial charge is 0.467 e. The van der Waals surface area contributed by atoms with Crippen LogP contribution < -0.4 is 0 Å². The molecule has 0 aliphatic heterocycles. The average Bonchev–Trinajstić information content (AvgIpc) is 2.20. The first-order chi connectivity index (χ1) is 6.89. The highest BCUT2D eigenvalue weighted by atomic mass is 79.9. The van der Waals surface area contributed by atoms with Crippen molar-refractivity contribution in [2.24, 2.45) is 0 Å². The minimum atomic E-state index is -1.77. The number of rotatable bonds is 2. The van der Waals surface area contributed by atoms with Crippen LogP contribution in [0.3, 0.4) is 0 Å². The molecule has 3 nitrogen and oxygen atoms in total. The van der Waals surface area contributed by atoms with Crippen LogP contribution in [0, 0.1) is 5.82 Å². The predicted octanol–water partition coefficient (Wildman–Crippen LogP) is 1.97. The molecule has 1 atom stereocenters. The van der Waals surface area contributed by atoms with Gasteiger partial charge in [0.15, 0.2) is 5.60 Å². The third kappa shape index (κ3) is 2.35. The van der Waals surface area contributed by atoms with Gasteiger partial charge in [0, 0.05) is 0 Å². The molecule has 0 saturated heterocycles. The van der Waals surface area contributed by atoms with Crippen LogP contribution in [0.25, 0.3) is 0 Å². The summed E-state index contributed by atoms with van der Waals surface area (Å²) in [6.45, 7) is 1.29. The lowest BCUT2D eigenvalue weighted by Crippen LogP contribution is -2.33. The van der Waals surface area contributed by atoms with Gasteiger partial charge in [0.2, 0.25) is 0 Å². The molecule has 5 heteroatoms. The van der Waals surface area contributed by atoms with Crippen molar-refractivity contribution in [1.29, 1.82) is 0 Å². The van der Waals surface area contributed by atoms with Crippen molar-refractivity contribution < 1.29 is 19.0 Å². The number of esters is 1. The fourth-order valence-electron chi connectivity index (χ4n) is 1.12. The van der Waals surface area contributed by atoms with Crippen molar-refractivity contribution in [3.05, 3.63) is 34.1 Å². The third-order valence-corrected chi connectivity index (χ3v) is 2.67. The zero-order valence-electron chi connectivity index (χ0n) is 8.25. The normalized spacial score (nSPS) is 14.5. The molecule has 0 aromatic heterocycles. The summed E-state index contributed by atoms with van der Waals surface area (Å²) in [6.07, 6.45) is 0. The highest BCUT2D eigenvalue weighted by Gasteiger charge is 2.33. The molecule has 1 N–H and O–H groups in total. The molecule has 0 bridgehead atoms. The van der Waals surface area contributed by atoms with Gasteiger partial charge in [-0.3, -0.25) is 0 Å². The molecule has 15 heavy (non-hydrogen) atoms. The second-order valence-electron chi connectivity index (χ2n) is 3.19. The molecular formula is C10H10BrFO3. The molecule has 0 radical (unpaired) electrons. The summed E-state index contributed by atoms with van der Waals surface area (Å²) in [5.74, 6) is -1.25. The van der Waals surface area contributed by atoms with Crippen LogP contribution in [-0.2, 0) is 15.1 Å². The Balaban J connectivity index is 3.16. The number of hydrogen-bond donors (Lipinski definition) is 1. The summed E-state index contributed by atoms with van der Waals surface area (Å²) in [5, 5.41) is 9.85. The Bertz CT molecular complexity index is 390. The van der Waals surface area contributed by atoms with E-state index in [2.05, 4.69) is 20.7 Å². The third-order valence-electron chi connectivity index (χ3n) is 2.06. The number of benzene rings is 1. The van der Waals surface area contributed by atoms with Crippen molar-refractivity contribution in [2.45, 2.75) is 12.5 Å². The van der Waals surface area contributed by atoms with Gasteiger partial charge in [-0.25, -0.2) is 9.18 Å². The fraction of sp³-hybridized carbons (Fsp3) is 0.300. The van der Waals surface area contributed by atoms with E-state index in [4.69, 9.17) is 0 Å². The smallest absolute Gasteiger partial charge is 0.342 e. The van der Waals surface area contributed by atoms with Crippen LogP contribution >= 0.6 is 15.9 Å². The number of hydrogen-bond acceptors (Lipinski definition) is 3. The lowest BCUT2D eigenvalue weighted by Gasteiger charge is -2.20. The summed E-state index contributed by atoms with van der Waals surface area (Å²) in [4.78, 5) is 11.2. The highest BCUT2D eigenvalue weighted by molar-refractivity contribution is 9.10. The minimum absolute atomic E-state index is 0.184. The van der Waals surface area contributed by atoms with Crippen molar-refractivity contribution in [2.75, 3.05) is 7.11 Å². The van der Waals surface area contributed by atoms with E-state index >= 15 is 0 Å². The van der Waals surface area contributed by atoms with E-state index in [1.165, 1.54) is 26.2 Å². The van der Waals surface area contributed by atoms with E-state index < -0.39 is 17.4 Å². The maximum Gasteiger partial charge on any atom is 0.342 e. The predicted molar refractivity (Wildman–Crippen MR) is 55.7 cm³/mol. The number of carbonyl (C=O) groups excluding carboxylic acids is 1. The van der Waals surface area contributed by atoms with Gasteiger partial charge in [0.05, 0.1) is 11.6 Å². The fourth-order valence-corrected chi connectivity index (χ4v) is 1.49. The summed E-state index contributed by atoms with van der Waals surface area (Å²) in [6, 6.07) is 3.83. The van der Waals surface area contributed by atoms with Crippen molar-refractivity contribution in [1.82, 2.24) is 0 Å². The Morgan fingerprint density at radius 2 is 2.20 bits per heavy atom. The number of halogens is 2. The first-order valence-electron chi connectivity index (χ1n) is 4.16. The van der Waals surface area contributed by atoms with E-state index in [0.29, 0.717) is 0 Å². The Labute approximate surface area is 95.0 Å². The molecule has 0 spiro atoms. The maximum absolute atomic E-state index is 12.9. The van der Waals surface area contributed by atoms with Gasteiger partial charge in [0.25, 0.3) is 0 Å². The standard InChI is InChI=1S/C10H10BrFO3/c1-10(14,9(13)15-2)6-3-4-8(12)7(11)5-6/h3-5,14H,1-2H3. The lowest BCUT2D eigenvalue weighted by molar-refractivity contribution is -0.161. The Morgan fingerprint density at radius 1 is 1.60 bits per heavy atom. The summed E-state index contributed by atoms with van der Waals surface area (Å²) >= 11 is 2.97. The van der Waals surface area contributed by atoms with Gasteiger partial charge in [-0.1, -0.05) is 6.07 Å². The van der Waals surface area contributed by atoms with Crippen molar-refractivity contribution >= 4 is 21.9 Å². The Hall–Kier alpha value is -0.940. The number of ether oxygens (including phenoxy) is 1. The number of aliphatic hydroxyl groups is 1. The maximum atomic E-state index is 12.9. The van der Waals surface area contributed by atoms with Crippen LogP contribution in [0.1, 0.15) is 12.5 Å². The number of methoxy groups -OCH3 is 1. The van der Waals surface area contributed by atoms with E-state index in [-0.39, 0.29) is 10.0 Å². The topological polar surface area (TPSA) is 46.5 Å². The molecule has 0 heterocycles. The van der Waals surface area contributed by atoms with Gasteiger partial charge in [-0.2, -0.15) is 0 Å². The zero-order valence-corrected chi connectivity index (χ0v) is 9.84. The Kier molecular flexibility index (Phi) is 3.46. The van der Waals surface area contributed by atoms with Crippen molar-refractivity contribution in [3.8, 4) is 0 Å². The monoisotopic (exact) mass is 276 g/mol. The first kappa shape index (κ1) is 12.1. The molecule has 1 unspecified atom stereocenters. The summed E-state index contributed by atoms with van der Waals surface area (Å²) in [7, 11) is 1.18. The van der Waals surface area contributed by atoms with Crippen LogP contribution in [-0.4, -0.2) is 18.2 Å². The van der Waals surface area contributed by atoms with Crippen LogP contribution in [0.2, 0.25) is 0 Å². The van der Waals surface area contributed by atoms with E-state index in [9.17, 15) is 14.3 Å².